The van der Waals surface area contributed by atoms with Crippen LogP contribution in [0.3, 0.4) is 0 Å². The Morgan fingerprint density at radius 1 is 0.947 bits per heavy atom. The second-order valence-corrected chi connectivity index (χ2v) is 9.26. The van der Waals surface area contributed by atoms with Crippen LogP contribution in [-0.4, -0.2) is 37.1 Å². The molecular formula is C29H29N5O4. The lowest BCUT2D eigenvalue weighted by Gasteiger charge is -2.14. The van der Waals surface area contributed by atoms with E-state index in [2.05, 4.69) is 9.97 Å². The number of pyridine rings is 3. The molecule has 0 radical (unpaired) electrons. The third-order valence-electron chi connectivity index (χ3n) is 6.28. The van der Waals surface area contributed by atoms with Gasteiger partial charge in [-0.05, 0) is 56.7 Å². The molecule has 4 aromatic heterocycles. The number of benzene rings is 1. The van der Waals surface area contributed by atoms with Crippen molar-refractivity contribution in [2.45, 2.75) is 40.0 Å². The maximum absolute atomic E-state index is 13.9. The fourth-order valence-electron chi connectivity index (χ4n) is 4.54. The summed E-state index contributed by atoms with van der Waals surface area (Å²) in [5.74, 6) is 1.71. The minimum Gasteiger partial charge on any atom is -0.491 e. The molecule has 1 aromatic carbocycles. The minimum absolute atomic E-state index is 0.0703. The largest absolute Gasteiger partial charge is 0.491 e. The molecule has 0 unspecified atom stereocenters. The fraction of sp³-hybridized carbons (Fsp3) is 0.241. The zero-order valence-electron chi connectivity index (χ0n) is 21.8. The SMILES string of the molecule is COc1cccc(Cn2c(C)c3c(=O)n(-c4ccccn4)n(Cc4ccc(OC(C)C)cc4)c3cc2=O)n1. The lowest BCUT2D eigenvalue weighted by molar-refractivity contribution is 0.242. The van der Waals surface area contributed by atoms with E-state index in [1.165, 1.54) is 10.7 Å². The number of fused-ring (bicyclic) bond motifs is 1. The van der Waals surface area contributed by atoms with Gasteiger partial charge in [0.2, 0.25) is 5.88 Å². The second kappa shape index (κ2) is 10.4. The van der Waals surface area contributed by atoms with Gasteiger partial charge in [-0.25, -0.2) is 9.97 Å². The lowest BCUT2D eigenvalue weighted by atomic mass is 10.2. The summed E-state index contributed by atoms with van der Waals surface area (Å²) in [6.45, 7) is 6.31. The number of ether oxygens (including phenoxy) is 2. The highest BCUT2D eigenvalue weighted by Gasteiger charge is 2.21. The van der Waals surface area contributed by atoms with Crippen molar-refractivity contribution in [3.63, 3.8) is 0 Å². The molecule has 5 aromatic rings. The first kappa shape index (κ1) is 25.0. The average molecular weight is 512 g/mol. The van der Waals surface area contributed by atoms with E-state index in [9.17, 15) is 9.59 Å². The van der Waals surface area contributed by atoms with Crippen LogP contribution >= 0.6 is 0 Å². The Bertz CT molecular complexity index is 1700. The molecule has 194 valence electrons. The summed E-state index contributed by atoms with van der Waals surface area (Å²) in [4.78, 5) is 36.1. The first-order valence-corrected chi connectivity index (χ1v) is 12.4. The summed E-state index contributed by atoms with van der Waals surface area (Å²) >= 11 is 0. The Labute approximate surface area is 219 Å². The van der Waals surface area contributed by atoms with Crippen LogP contribution in [0.4, 0.5) is 0 Å². The van der Waals surface area contributed by atoms with Gasteiger partial charge in [0.1, 0.15) is 5.75 Å². The molecule has 0 aliphatic carbocycles. The molecule has 0 atom stereocenters. The van der Waals surface area contributed by atoms with E-state index in [1.54, 1.807) is 47.7 Å². The molecule has 0 bridgehead atoms. The normalized spacial score (nSPS) is 11.3. The van der Waals surface area contributed by atoms with E-state index >= 15 is 0 Å². The molecule has 4 heterocycles. The molecule has 38 heavy (non-hydrogen) atoms. The van der Waals surface area contributed by atoms with Crippen LogP contribution in [0.15, 0.2) is 82.5 Å². The Balaban J connectivity index is 1.66. The van der Waals surface area contributed by atoms with E-state index in [1.807, 2.05) is 56.3 Å². The van der Waals surface area contributed by atoms with Crippen molar-refractivity contribution < 1.29 is 9.47 Å². The van der Waals surface area contributed by atoms with Crippen LogP contribution in [-0.2, 0) is 13.1 Å². The number of aryl methyl sites for hydroxylation is 1. The van der Waals surface area contributed by atoms with Gasteiger partial charge >= 0.3 is 0 Å². The molecular weight excluding hydrogens is 482 g/mol. The Morgan fingerprint density at radius 3 is 2.42 bits per heavy atom. The van der Waals surface area contributed by atoms with Gasteiger partial charge < -0.3 is 14.0 Å². The number of hydrogen-bond acceptors (Lipinski definition) is 6. The van der Waals surface area contributed by atoms with Crippen molar-refractivity contribution in [3.05, 3.63) is 111 Å². The zero-order chi connectivity index (χ0) is 26.8. The number of nitrogens with zero attached hydrogens (tertiary/aromatic N) is 5. The van der Waals surface area contributed by atoms with Gasteiger partial charge in [-0.2, -0.15) is 4.68 Å². The molecule has 0 spiro atoms. The zero-order valence-corrected chi connectivity index (χ0v) is 21.8. The predicted octanol–water partition coefficient (Wildman–Crippen LogP) is 3.94. The average Bonchev–Trinajstić information content (AvgIpc) is 3.18. The van der Waals surface area contributed by atoms with Gasteiger partial charge in [0.15, 0.2) is 5.82 Å². The van der Waals surface area contributed by atoms with E-state index in [4.69, 9.17) is 9.47 Å². The van der Waals surface area contributed by atoms with Crippen LogP contribution in [0.2, 0.25) is 0 Å². The summed E-state index contributed by atoms with van der Waals surface area (Å²) in [5, 5.41) is 0.456. The van der Waals surface area contributed by atoms with Crippen LogP contribution in [0, 0.1) is 6.92 Å². The van der Waals surface area contributed by atoms with Gasteiger partial charge in [0.05, 0.1) is 42.9 Å². The third-order valence-corrected chi connectivity index (χ3v) is 6.28. The number of rotatable bonds is 8. The maximum atomic E-state index is 13.9. The van der Waals surface area contributed by atoms with Crippen molar-refractivity contribution in [1.29, 1.82) is 0 Å². The fourth-order valence-corrected chi connectivity index (χ4v) is 4.54. The quantitative estimate of drug-likeness (QED) is 0.313. The highest BCUT2D eigenvalue weighted by atomic mass is 16.5. The number of hydrogen-bond donors (Lipinski definition) is 0. The van der Waals surface area contributed by atoms with Gasteiger partial charge in [0.25, 0.3) is 11.1 Å². The van der Waals surface area contributed by atoms with Crippen molar-refractivity contribution >= 4 is 10.9 Å². The van der Waals surface area contributed by atoms with Crippen LogP contribution < -0.4 is 20.6 Å². The van der Waals surface area contributed by atoms with E-state index in [0.29, 0.717) is 40.5 Å². The lowest BCUT2D eigenvalue weighted by Crippen LogP contribution is -2.24. The molecule has 0 N–H and O–H groups in total. The first-order chi connectivity index (χ1) is 18.4. The second-order valence-electron chi connectivity index (χ2n) is 9.26. The summed E-state index contributed by atoms with van der Waals surface area (Å²) in [5.41, 5.74) is 2.23. The van der Waals surface area contributed by atoms with Gasteiger partial charge in [-0.3, -0.25) is 14.3 Å². The van der Waals surface area contributed by atoms with Crippen LogP contribution in [0.25, 0.3) is 16.7 Å². The number of aromatic nitrogens is 5. The molecule has 0 amide bonds. The smallest absolute Gasteiger partial charge is 0.282 e. The van der Waals surface area contributed by atoms with Crippen LogP contribution in [0.5, 0.6) is 11.6 Å². The monoisotopic (exact) mass is 511 g/mol. The molecule has 5 rings (SSSR count). The van der Waals surface area contributed by atoms with Gasteiger partial charge in [0, 0.05) is 24.0 Å². The Hall–Kier alpha value is -4.66. The van der Waals surface area contributed by atoms with Gasteiger partial charge in [-0.15, -0.1) is 0 Å². The minimum atomic E-state index is -0.247. The summed E-state index contributed by atoms with van der Waals surface area (Å²) < 4.78 is 15.9. The van der Waals surface area contributed by atoms with E-state index in [-0.39, 0.29) is 23.8 Å². The summed E-state index contributed by atoms with van der Waals surface area (Å²) in [7, 11) is 1.54. The Morgan fingerprint density at radius 2 is 1.74 bits per heavy atom. The Kier molecular flexibility index (Phi) is 6.83. The predicted molar refractivity (Wildman–Crippen MR) is 146 cm³/mol. The molecule has 9 nitrogen and oxygen atoms in total. The third kappa shape index (κ3) is 4.82. The van der Waals surface area contributed by atoms with Crippen LogP contribution in [0.1, 0.15) is 30.8 Å². The van der Waals surface area contributed by atoms with Crippen molar-refractivity contribution in [1.82, 2.24) is 23.9 Å². The van der Waals surface area contributed by atoms with Crippen molar-refractivity contribution in [3.8, 4) is 17.4 Å². The summed E-state index contributed by atoms with van der Waals surface area (Å²) in [6.07, 6.45) is 1.71. The topological polar surface area (TPSA) is 93.2 Å². The molecule has 0 saturated heterocycles. The molecule has 9 heteroatoms. The molecule has 0 aliphatic heterocycles. The highest BCUT2D eigenvalue weighted by molar-refractivity contribution is 5.81. The first-order valence-electron chi connectivity index (χ1n) is 12.4. The standard InChI is InChI=1S/C29H29N5O4/c1-19(2)38-23-13-11-21(12-14-23)17-33-24-16-27(35)32(18-22-8-7-10-26(31-22)37-4)20(3)28(24)29(36)34(33)25-9-5-6-15-30-25/h5-16,19H,17-18H2,1-4H3. The van der Waals surface area contributed by atoms with Gasteiger partial charge in [-0.1, -0.05) is 24.3 Å². The summed E-state index contributed by atoms with van der Waals surface area (Å²) in [6, 6.07) is 20.0. The highest BCUT2D eigenvalue weighted by Crippen LogP contribution is 2.21. The van der Waals surface area contributed by atoms with Crippen molar-refractivity contribution in [2.24, 2.45) is 0 Å². The molecule has 0 fully saturated rings. The van der Waals surface area contributed by atoms with Crippen molar-refractivity contribution in [2.75, 3.05) is 7.11 Å². The van der Waals surface area contributed by atoms with E-state index < -0.39 is 0 Å². The molecule has 0 saturated carbocycles. The van der Waals surface area contributed by atoms with E-state index in [0.717, 1.165) is 11.3 Å². The maximum Gasteiger partial charge on any atom is 0.282 e. The number of methoxy groups -OCH3 is 1. The molecule has 0 aliphatic rings.